The van der Waals surface area contributed by atoms with Crippen molar-refractivity contribution in [2.45, 2.75) is 0 Å². The Labute approximate surface area is 98.0 Å². The van der Waals surface area contributed by atoms with Crippen molar-refractivity contribution in [3.63, 3.8) is 0 Å². The summed E-state index contributed by atoms with van der Waals surface area (Å²) in [4.78, 5) is 10.5. The summed E-state index contributed by atoms with van der Waals surface area (Å²) < 4.78 is 38.2. The number of aliphatic carboxylic acids is 1. The highest BCUT2D eigenvalue weighted by Gasteiger charge is 2.11. The van der Waals surface area contributed by atoms with Crippen LogP contribution in [-0.4, -0.2) is 28.2 Å². The molecule has 18 heavy (non-hydrogen) atoms. The van der Waals surface area contributed by atoms with Crippen LogP contribution >= 0.6 is 0 Å². The lowest BCUT2D eigenvalue weighted by Crippen LogP contribution is -2.16. The fraction of sp³-hybridized carbons (Fsp3) is 0. The second kappa shape index (κ2) is 5.66. The van der Waals surface area contributed by atoms with E-state index in [-0.39, 0.29) is 5.69 Å². The van der Waals surface area contributed by atoms with Gasteiger partial charge in [-0.05, 0) is 0 Å². The summed E-state index contributed by atoms with van der Waals surface area (Å²) in [5.41, 5.74) is 0.949. The van der Waals surface area contributed by atoms with Crippen molar-refractivity contribution in [3.05, 3.63) is 29.6 Å². The van der Waals surface area contributed by atoms with Gasteiger partial charge in [0.1, 0.15) is 6.21 Å². The third-order valence-electron chi connectivity index (χ3n) is 1.69. The number of halogens is 3. The summed E-state index contributed by atoms with van der Waals surface area (Å²) in [7, 11) is 0. The fourth-order valence-electron chi connectivity index (χ4n) is 0.931. The first-order valence-corrected chi connectivity index (χ1v) is 4.34. The molecular weight excluding hydrogens is 255 g/mol. The fourth-order valence-corrected chi connectivity index (χ4v) is 0.931. The van der Waals surface area contributed by atoms with Crippen LogP contribution in [0.5, 0.6) is 0 Å². The summed E-state index contributed by atoms with van der Waals surface area (Å²) in [6.07, 6.45) is 0.492. The summed E-state index contributed by atoms with van der Waals surface area (Å²) in [5.74, 6) is -6.11. The van der Waals surface area contributed by atoms with Crippen molar-refractivity contribution in [3.8, 4) is 0 Å². The number of hydrazone groups is 1. The molecule has 0 aromatic heterocycles. The highest BCUT2D eigenvalue weighted by atomic mass is 19.2. The van der Waals surface area contributed by atoms with E-state index in [1.54, 1.807) is 0 Å². The Morgan fingerprint density at radius 1 is 1.28 bits per heavy atom. The second-order valence-electron chi connectivity index (χ2n) is 2.91. The van der Waals surface area contributed by atoms with Crippen molar-refractivity contribution in [2.24, 2.45) is 10.3 Å². The van der Waals surface area contributed by atoms with E-state index in [9.17, 15) is 18.0 Å². The molecule has 0 aliphatic heterocycles. The highest BCUT2D eigenvalue weighted by Crippen LogP contribution is 2.17. The SMILES string of the molecule is O=C(O)C(/C=N/O)=N/Nc1cc(F)c(F)c(F)c1. The minimum absolute atomic E-state index is 0.309. The molecule has 0 aliphatic carbocycles. The number of nitrogens with one attached hydrogen (secondary N) is 1. The van der Waals surface area contributed by atoms with Crippen molar-refractivity contribution in [2.75, 3.05) is 5.43 Å². The first kappa shape index (κ1) is 13.5. The van der Waals surface area contributed by atoms with Crippen LogP contribution in [0.3, 0.4) is 0 Å². The van der Waals surface area contributed by atoms with Gasteiger partial charge in [-0.3, -0.25) is 5.43 Å². The molecule has 1 rings (SSSR count). The van der Waals surface area contributed by atoms with Gasteiger partial charge < -0.3 is 10.3 Å². The quantitative estimate of drug-likeness (QED) is 0.330. The molecule has 3 N–H and O–H groups in total. The Bertz CT molecular complexity index is 508. The molecule has 0 bridgehead atoms. The van der Waals surface area contributed by atoms with Crippen LogP contribution in [0, 0.1) is 17.5 Å². The van der Waals surface area contributed by atoms with E-state index in [0.29, 0.717) is 18.3 Å². The predicted octanol–water partition coefficient (Wildman–Crippen LogP) is 1.42. The van der Waals surface area contributed by atoms with E-state index in [0.717, 1.165) is 0 Å². The standard InChI is InChI=1S/C9H6F3N3O3/c10-5-1-4(2-6(11)8(5)12)14-15-7(3-13-18)9(16)17/h1-3,14,18H,(H,16,17)/b13-3+,15-7+. The molecule has 1 aromatic rings. The van der Waals surface area contributed by atoms with Crippen LogP contribution < -0.4 is 5.43 Å². The summed E-state index contributed by atoms with van der Waals surface area (Å²) in [6, 6.07) is 1.16. The van der Waals surface area contributed by atoms with E-state index >= 15 is 0 Å². The molecule has 1 aromatic carbocycles. The van der Waals surface area contributed by atoms with E-state index < -0.39 is 29.1 Å². The second-order valence-corrected chi connectivity index (χ2v) is 2.91. The average molecular weight is 261 g/mol. The first-order valence-electron chi connectivity index (χ1n) is 4.34. The molecule has 0 radical (unpaired) electrons. The number of benzene rings is 1. The van der Waals surface area contributed by atoms with E-state index in [4.69, 9.17) is 10.3 Å². The third kappa shape index (κ3) is 3.20. The zero-order chi connectivity index (χ0) is 13.7. The van der Waals surface area contributed by atoms with E-state index in [2.05, 4.69) is 10.3 Å². The number of rotatable bonds is 4. The summed E-state index contributed by atoms with van der Waals surface area (Å²) >= 11 is 0. The van der Waals surface area contributed by atoms with Gasteiger partial charge in [0.05, 0.1) is 5.69 Å². The Morgan fingerprint density at radius 2 is 1.83 bits per heavy atom. The van der Waals surface area contributed by atoms with Crippen LogP contribution in [0.25, 0.3) is 0 Å². The Hall–Kier alpha value is -2.58. The number of oxime groups is 1. The van der Waals surface area contributed by atoms with Crippen molar-refractivity contribution in [1.82, 2.24) is 0 Å². The number of hydrogen-bond donors (Lipinski definition) is 3. The van der Waals surface area contributed by atoms with Gasteiger partial charge in [0.25, 0.3) is 0 Å². The number of anilines is 1. The summed E-state index contributed by atoms with van der Waals surface area (Å²) in [5, 5.41) is 22.3. The Balaban J connectivity index is 2.98. The lowest BCUT2D eigenvalue weighted by atomic mass is 10.3. The monoisotopic (exact) mass is 261 g/mol. The smallest absolute Gasteiger partial charge is 0.358 e. The molecule has 96 valence electrons. The van der Waals surface area contributed by atoms with Gasteiger partial charge in [-0.1, -0.05) is 5.16 Å². The van der Waals surface area contributed by atoms with Crippen LogP contribution in [0.2, 0.25) is 0 Å². The van der Waals surface area contributed by atoms with Gasteiger partial charge in [0, 0.05) is 12.1 Å². The molecule has 0 saturated carbocycles. The molecule has 0 atom stereocenters. The average Bonchev–Trinajstić information content (AvgIpc) is 2.30. The summed E-state index contributed by atoms with van der Waals surface area (Å²) in [6.45, 7) is 0. The molecule has 0 saturated heterocycles. The number of hydrogen-bond acceptors (Lipinski definition) is 5. The van der Waals surface area contributed by atoms with E-state index in [1.807, 2.05) is 5.43 Å². The lowest BCUT2D eigenvalue weighted by molar-refractivity contribution is -0.129. The van der Waals surface area contributed by atoms with Crippen LogP contribution in [0.15, 0.2) is 22.4 Å². The van der Waals surface area contributed by atoms with Gasteiger partial charge in [0.2, 0.25) is 0 Å². The van der Waals surface area contributed by atoms with Gasteiger partial charge in [0.15, 0.2) is 23.2 Å². The first-order chi connectivity index (χ1) is 8.45. The molecule has 0 unspecified atom stereocenters. The zero-order valence-corrected chi connectivity index (χ0v) is 8.56. The number of carboxylic acid groups (broad SMARTS) is 1. The highest BCUT2D eigenvalue weighted by molar-refractivity contribution is 6.58. The zero-order valence-electron chi connectivity index (χ0n) is 8.56. The Kier molecular flexibility index (Phi) is 4.24. The number of carboxylic acids is 1. The molecule has 0 spiro atoms. The van der Waals surface area contributed by atoms with E-state index in [1.165, 1.54) is 0 Å². The molecule has 9 heteroatoms. The van der Waals surface area contributed by atoms with Gasteiger partial charge >= 0.3 is 5.97 Å². The normalized spacial score (nSPS) is 11.8. The molecule has 6 nitrogen and oxygen atoms in total. The molecule has 0 amide bonds. The maximum Gasteiger partial charge on any atom is 0.358 e. The molecule has 0 aliphatic rings. The molecule has 0 heterocycles. The van der Waals surface area contributed by atoms with Crippen LogP contribution in [0.4, 0.5) is 18.9 Å². The predicted molar refractivity (Wildman–Crippen MR) is 55.3 cm³/mol. The maximum absolute atomic E-state index is 12.8. The van der Waals surface area contributed by atoms with Crippen molar-refractivity contribution >= 4 is 23.6 Å². The van der Waals surface area contributed by atoms with Gasteiger partial charge in [-0.2, -0.15) is 5.10 Å². The third-order valence-corrected chi connectivity index (χ3v) is 1.69. The minimum Gasteiger partial charge on any atom is -0.476 e. The van der Waals surface area contributed by atoms with Crippen LogP contribution in [-0.2, 0) is 4.79 Å². The van der Waals surface area contributed by atoms with Crippen molar-refractivity contribution in [1.29, 1.82) is 0 Å². The number of nitrogens with zero attached hydrogens (tertiary/aromatic N) is 2. The van der Waals surface area contributed by atoms with Crippen molar-refractivity contribution < 1.29 is 28.3 Å². The van der Waals surface area contributed by atoms with Crippen LogP contribution in [0.1, 0.15) is 0 Å². The largest absolute Gasteiger partial charge is 0.476 e. The Morgan fingerprint density at radius 3 is 2.28 bits per heavy atom. The lowest BCUT2D eigenvalue weighted by Gasteiger charge is -2.02. The van der Waals surface area contributed by atoms with Gasteiger partial charge in [-0.25, -0.2) is 18.0 Å². The maximum atomic E-state index is 12.8. The topological polar surface area (TPSA) is 94.3 Å². The molecular formula is C9H6F3N3O3. The number of carbonyl (C=O) groups is 1. The van der Waals surface area contributed by atoms with Gasteiger partial charge in [-0.15, -0.1) is 0 Å². The minimum atomic E-state index is -1.65. The molecule has 0 fully saturated rings.